The standard InChI is InChI=1S/C24H29N3O/c1-23-10-13-27(3)22(28)14-16(23)4-5-17-18-6-7-20(21-15-25-11-12-26-21)24(18,2)9-8-19(17)23/h6-7,11-12,14-15,17,19H,4-5,8-10,13H2,1-3H3/t17?,19?,23-,24-/m0/s1. The lowest BCUT2D eigenvalue weighted by atomic mass is 9.49. The van der Waals surface area contributed by atoms with E-state index in [2.05, 4.69) is 36.0 Å². The maximum absolute atomic E-state index is 12.4. The van der Waals surface area contributed by atoms with Gasteiger partial charge in [0.15, 0.2) is 0 Å². The highest BCUT2D eigenvalue weighted by atomic mass is 16.2. The lowest BCUT2D eigenvalue weighted by molar-refractivity contribution is -0.124. The van der Waals surface area contributed by atoms with Gasteiger partial charge in [-0.3, -0.25) is 14.8 Å². The normalized spacial score (nSPS) is 37.2. The number of rotatable bonds is 1. The van der Waals surface area contributed by atoms with Crippen molar-refractivity contribution in [2.45, 2.75) is 46.0 Å². The molecule has 5 rings (SSSR count). The summed E-state index contributed by atoms with van der Waals surface area (Å²) >= 11 is 0. The molecule has 146 valence electrons. The summed E-state index contributed by atoms with van der Waals surface area (Å²) in [5.74, 6) is 1.41. The predicted molar refractivity (Wildman–Crippen MR) is 110 cm³/mol. The highest BCUT2D eigenvalue weighted by molar-refractivity contribution is 5.88. The smallest absolute Gasteiger partial charge is 0.246 e. The van der Waals surface area contributed by atoms with Crippen molar-refractivity contribution in [1.82, 2.24) is 14.9 Å². The summed E-state index contributed by atoms with van der Waals surface area (Å²) in [4.78, 5) is 23.2. The Morgan fingerprint density at radius 3 is 2.79 bits per heavy atom. The van der Waals surface area contributed by atoms with Crippen LogP contribution >= 0.6 is 0 Å². The van der Waals surface area contributed by atoms with E-state index in [-0.39, 0.29) is 16.7 Å². The number of fused-ring (bicyclic) bond motifs is 5. The van der Waals surface area contributed by atoms with Crippen molar-refractivity contribution in [1.29, 1.82) is 0 Å². The summed E-state index contributed by atoms with van der Waals surface area (Å²) < 4.78 is 0. The van der Waals surface area contributed by atoms with Crippen molar-refractivity contribution in [3.63, 3.8) is 0 Å². The zero-order valence-corrected chi connectivity index (χ0v) is 17.1. The van der Waals surface area contributed by atoms with E-state index < -0.39 is 0 Å². The summed E-state index contributed by atoms with van der Waals surface area (Å²) in [7, 11) is 1.94. The minimum Gasteiger partial charge on any atom is -0.342 e. The SMILES string of the molecule is CN1CC[C@@]2(C)C(=CC1=O)CCC1C3=CC=C(c4cnccn4)[C@@]3(C)CCC12. The highest BCUT2D eigenvalue weighted by Gasteiger charge is 2.54. The van der Waals surface area contributed by atoms with E-state index in [0.717, 1.165) is 37.9 Å². The molecule has 4 nitrogen and oxygen atoms in total. The molecule has 1 aromatic heterocycles. The van der Waals surface area contributed by atoms with Crippen LogP contribution in [0.1, 0.15) is 51.6 Å². The molecule has 4 heteroatoms. The van der Waals surface area contributed by atoms with Gasteiger partial charge in [0.05, 0.1) is 11.9 Å². The maximum atomic E-state index is 12.4. The average molecular weight is 376 g/mol. The number of amides is 1. The molecule has 1 aromatic rings. The van der Waals surface area contributed by atoms with Crippen molar-refractivity contribution in [2.24, 2.45) is 22.7 Å². The second-order valence-electron chi connectivity index (χ2n) is 9.51. The van der Waals surface area contributed by atoms with Gasteiger partial charge >= 0.3 is 0 Å². The summed E-state index contributed by atoms with van der Waals surface area (Å²) in [6, 6.07) is 0. The molecule has 4 atom stereocenters. The molecule has 0 bridgehead atoms. The molecule has 2 heterocycles. The molecule has 0 radical (unpaired) electrons. The Labute approximate surface area is 167 Å². The Morgan fingerprint density at radius 2 is 2.00 bits per heavy atom. The molecule has 2 fully saturated rings. The van der Waals surface area contributed by atoms with Crippen LogP contribution in [0.3, 0.4) is 0 Å². The molecular formula is C24H29N3O. The Morgan fingerprint density at radius 1 is 1.14 bits per heavy atom. The number of hydrogen-bond donors (Lipinski definition) is 0. The first-order valence-electron chi connectivity index (χ1n) is 10.6. The molecule has 1 aliphatic heterocycles. The van der Waals surface area contributed by atoms with Crippen molar-refractivity contribution in [3.8, 4) is 0 Å². The summed E-state index contributed by atoms with van der Waals surface area (Å²) in [6.07, 6.45) is 17.7. The quantitative estimate of drug-likeness (QED) is 0.730. The fourth-order valence-corrected chi connectivity index (χ4v) is 6.48. The Bertz CT molecular complexity index is 915. The van der Waals surface area contributed by atoms with E-state index in [4.69, 9.17) is 0 Å². The second-order valence-corrected chi connectivity index (χ2v) is 9.51. The second kappa shape index (κ2) is 6.13. The van der Waals surface area contributed by atoms with Gasteiger partial charge in [-0.05, 0) is 54.9 Å². The van der Waals surface area contributed by atoms with E-state index in [0.29, 0.717) is 11.8 Å². The van der Waals surface area contributed by atoms with Gasteiger partial charge in [0.25, 0.3) is 0 Å². The summed E-state index contributed by atoms with van der Waals surface area (Å²) in [6.45, 7) is 5.69. The lowest BCUT2D eigenvalue weighted by Gasteiger charge is -2.55. The first-order chi connectivity index (χ1) is 13.4. The van der Waals surface area contributed by atoms with Gasteiger partial charge in [0.1, 0.15) is 0 Å². The topological polar surface area (TPSA) is 46.1 Å². The lowest BCUT2D eigenvalue weighted by Crippen LogP contribution is -2.46. The van der Waals surface area contributed by atoms with E-state index in [1.54, 1.807) is 18.0 Å². The van der Waals surface area contributed by atoms with Crippen LogP contribution in [0.25, 0.3) is 5.57 Å². The predicted octanol–water partition coefficient (Wildman–Crippen LogP) is 4.42. The fraction of sp³-hybridized carbons (Fsp3) is 0.542. The fourth-order valence-electron chi connectivity index (χ4n) is 6.48. The number of carbonyl (C=O) groups is 1. The van der Waals surface area contributed by atoms with Crippen LogP contribution in [0.5, 0.6) is 0 Å². The number of allylic oxidation sites excluding steroid dienone is 5. The van der Waals surface area contributed by atoms with Crippen LogP contribution < -0.4 is 0 Å². The number of nitrogens with zero attached hydrogens (tertiary/aromatic N) is 3. The Balaban J connectivity index is 1.49. The Hall–Kier alpha value is -2.23. The molecule has 28 heavy (non-hydrogen) atoms. The first kappa shape index (κ1) is 17.8. The molecule has 0 spiro atoms. The number of hydrogen-bond acceptors (Lipinski definition) is 3. The van der Waals surface area contributed by atoms with Crippen LogP contribution in [-0.4, -0.2) is 34.4 Å². The van der Waals surface area contributed by atoms with Crippen LogP contribution in [0, 0.1) is 22.7 Å². The van der Waals surface area contributed by atoms with Crippen LogP contribution in [-0.2, 0) is 4.79 Å². The zero-order valence-electron chi connectivity index (χ0n) is 17.1. The van der Waals surface area contributed by atoms with Gasteiger partial charge in [-0.15, -0.1) is 0 Å². The molecule has 0 N–H and O–H groups in total. The van der Waals surface area contributed by atoms with Gasteiger partial charge in [0.2, 0.25) is 5.91 Å². The van der Waals surface area contributed by atoms with Gasteiger partial charge in [-0.25, -0.2) is 0 Å². The molecule has 0 aromatic carbocycles. The van der Waals surface area contributed by atoms with E-state index in [1.807, 2.05) is 24.2 Å². The van der Waals surface area contributed by atoms with Crippen molar-refractivity contribution < 1.29 is 4.79 Å². The zero-order chi connectivity index (χ0) is 19.5. The van der Waals surface area contributed by atoms with Gasteiger partial charge in [-0.2, -0.15) is 0 Å². The monoisotopic (exact) mass is 375 g/mol. The third-order valence-electron chi connectivity index (χ3n) is 8.26. The van der Waals surface area contributed by atoms with Gasteiger partial charge in [-0.1, -0.05) is 37.1 Å². The van der Waals surface area contributed by atoms with Gasteiger partial charge in [0, 0.05) is 37.5 Å². The molecule has 4 aliphatic rings. The van der Waals surface area contributed by atoms with E-state index in [9.17, 15) is 4.79 Å². The average Bonchev–Trinajstić information content (AvgIpc) is 3.00. The van der Waals surface area contributed by atoms with Crippen molar-refractivity contribution >= 4 is 11.5 Å². The van der Waals surface area contributed by atoms with E-state index in [1.165, 1.54) is 17.6 Å². The molecule has 2 saturated carbocycles. The summed E-state index contributed by atoms with van der Waals surface area (Å²) in [5.41, 5.74) is 5.55. The number of aromatic nitrogens is 2. The molecular weight excluding hydrogens is 346 g/mol. The highest BCUT2D eigenvalue weighted by Crippen LogP contribution is 2.64. The van der Waals surface area contributed by atoms with Crippen LogP contribution in [0.15, 0.2) is 48.0 Å². The third kappa shape index (κ3) is 2.39. The Kier molecular flexibility index (Phi) is 3.91. The van der Waals surface area contributed by atoms with Crippen LogP contribution in [0.4, 0.5) is 0 Å². The molecule has 1 amide bonds. The maximum Gasteiger partial charge on any atom is 0.246 e. The molecule has 2 unspecified atom stereocenters. The number of likely N-dealkylation sites (N-methyl/N-ethyl adjacent to an activating group) is 1. The number of carbonyl (C=O) groups excluding carboxylic acids is 1. The first-order valence-corrected chi connectivity index (χ1v) is 10.6. The largest absolute Gasteiger partial charge is 0.342 e. The van der Waals surface area contributed by atoms with E-state index >= 15 is 0 Å². The van der Waals surface area contributed by atoms with Crippen LogP contribution in [0.2, 0.25) is 0 Å². The summed E-state index contributed by atoms with van der Waals surface area (Å²) in [5, 5.41) is 0. The van der Waals surface area contributed by atoms with Gasteiger partial charge < -0.3 is 4.90 Å². The van der Waals surface area contributed by atoms with Crippen molar-refractivity contribution in [2.75, 3.05) is 13.6 Å². The van der Waals surface area contributed by atoms with Crippen molar-refractivity contribution in [3.05, 3.63) is 53.7 Å². The third-order valence-corrected chi connectivity index (χ3v) is 8.26. The molecule has 0 saturated heterocycles. The minimum absolute atomic E-state index is 0.0755. The molecule has 3 aliphatic carbocycles. The minimum atomic E-state index is 0.0755.